The van der Waals surface area contributed by atoms with Crippen LogP contribution < -0.4 is 0 Å². The number of rotatable bonds is 6. The third-order valence-electron chi connectivity index (χ3n) is 5.55. The lowest BCUT2D eigenvalue weighted by molar-refractivity contribution is 0.0690. The molecule has 4 aromatic heterocycles. The van der Waals surface area contributed by atoms with Crippen molar-refractivity contribution in [3.63, 3.8) is 0 Å². The average molecular weight is 448 g/mol. The monoisotopic (exact) mass is 447 g/mol. The van der Waals surface area contributed by atoms with Gasteiger partial charge in [0.25, 0.3) is 5.91 Å². The normalized spacial score (nSPS) is 11.6. The zero-order valence-electron chi connectivity index (χ0n) is 19.5. The van der Waals surface area contributed by atoms with E-state index in [1.54, 1.807) is 23.7 Å². The van der Waals surface area contributed by atoms with Gasteiger partial charge in [-0.2, -0.15) is 5.10 Å². The highest BCUT2D eigenvalue weighted by atomic mass is 32.1. The van der Waals surface area contributed by atoms with E-state index in [1.165, 1.54) is 9.75 Å². The number of carbonyl (C=O) groups is 1. The largest absolute Gasteiger partial charge is 0.330 e. The highest BCUT2D eigenvalue weighted by Crippen LogP contribution is 2.33. The second-order valence-corrected chi connectivity index (χ2v) is 10.1. The second kappa shape index (κ2) is 8.82. The van der Waals surface area contributed by atoms with E-state index < -0.39 is 0 Å². The van der Waals surface area contributed by atoms with Gasteiger partial charge in [-0.05, 0) is 65.8 Å². The van der Waals surface area contributed by atoms with Crippen molar-refractivity contribution in [2.24, 2.45) is 0 Å². The van der Waals surface area contributed by atoms with Gasteiger partial charge >= 0.3 is 0 Å². The van der Waals surface area contributed by atoms with Crippen molar-refractivity contribution >= 4 is 28.3 Å². The lowest BCUT2D eigenvalue weighted by atomic mass is 10.1. The molecule has 0 bridgehead atoms. The van der Waals surface area contributed by atoms with Gasteiger partial charge in [-0.15, -0.1) is 11.3 Å². The van der Waals surface area contributed by atoms with Crippen LogP contribution in [0.3, 0.4) is 0 Å². The summed E-state index contributed by atoms with van der Waals surface area (Å²) in [5.74, 6) is -0.0350. The number of thiophene rings is 1. The first-order chi connectivity index (χ1) is 15.3. The fourth-order valence-electron chi connectivity index (χ4n) is 3.91. The molecule has 0 spiro atoms. The van der Waals surface area contributed by atoms with E-state index in [-0.39, 0.29) is 18.0 Å². The van der Waals surface area contributed by atoms with Crippen molar-refractivity contribution in [2.45, 2.75) is 60.2 Å². The van der Waals surface area contributed by atoms with E-state index >= 15 is 0 Å². The molecule has 0 saturated carbocycles. The van der Waals surface area contributed by atoms with E-state index in [0.717, 1.165) is 28.0 Å². The van der Waals surface area contributed by atoms with Crippen LogP contribution in [-0.2, 0) is 6.54 Å². The van der Waals surface area contributed by atoms with Crippen LogP contribution in [0.5, 0.6) is 0 Å². The van der Waals surface area contributed by atoms with Crippen LogP contribution in [0.4, 0.5) is 0 Å². The second-order valence-electron chi connectivity index (χ2n) is 8.65. The highest BCUT2D eigenvalue weighted by molar-refractivity contribution is 7.12. The van der Waals surface area contributed by atoms with E-state index in [4.69, 9.17) is 4.98 Å². The summed E-state index contributed by atoms with van der Waals surface area (Å²) in [6, 6.07) is 10.0. The fourth-order valence-corrected chi connectivity index (χ4v) is 4.84. The summed E-state index contributed by atoms with van der Waals surface area (Å²) in [7, 11) is 0. The third-order valence-corrected chi connectivity index (χ3v) is 6.51. The molecule has 6 nitrogen and oxygen atoms in total. The van der Waals surface area contributed by atoms with Crippen molar-refractivity contribution in [3.8, 4) is 11.3 Å². The first kappa shape index (κ1) is 22.1. The Balaban J connectivity index is 1.87. The number of hydrogen-bond acceptors (Lipinski definition) is 5. The van der Waals surface area contributed by atoms with Crippen molar-refractivity contribution in [3.05, 3.63) is 63.7 Å². The zero-order valence-corrected chi connectivity index (χ0v) is 20.3. The Labute approximate surface area is 192 Å². The van der Waals surface area contributed by atoms with Gasteiger partial charge < -0.3 is 4.90 Å². The summed E-state index contributed by atoms with van der Waals surface area (Å²) in [5, 5.41) is 5.34. The average Bonchev–Trinajstić information content (AvgIpc) is 3.33. The Morgan fingerprint density at radius 3 is 2.53 bits per heavy atom. The predicted molar refractivity (Wildman–Crippen MR) is 130 cm³/mol. The van der Waals surface area contributed by atoms with Crippen LogP contribution in [0.2, 0.25) is 0 Å². The van der Waals surface area contributed by atoms with Crippen LogP contribution in [0.15, 0.2) is 42.7 Å². The lowest BCUT2D eigenvalue weighted by Crippen LogP contribution is -2.36. The standard InChI is InChI=1S/C25H29N5OS/c1-15(2)29(14-19-9-7-8-10-26-19)25(31)21-12-23(20-11-17(5)32-18(20)6)28-24-22(21)13-27-30(24)16(3)4/h7-13,15-16H,14H2,1-6H3. The summed E-state index contributed by atoms with van der Waals surface area (Å²) in [6.45, 7) is 12.9. The molecule has 1 amide bonds. The zero-order chi connectivity index (χ0) is 23.0. The molecule has 0 atom stereocenters. The van der Waals surface area contributed by atoms with Gasteiger partial charge in [-0.3, -0.25) is 9.78 Å². The minimum Gasteiger partial charge on any atom is -0.330 e. The molecule has 0 aliphatic rings. The number of aromatic nitrogens is 4. The number of nitrogens with zero attached hydrogens (tertiary/aromatic N) is 5. The lowest BCUT2D eigenvalue weighted by Gasteiger charge is -2.27. The molecular formula is C25H29N5OS. The Morgan fingerprint density at radius 2 is 1.94 bits per heavy atom. The number of amides is 1. The first-order valence-corrected chi connectivity index (χ1v) is 11.7. The molecule has 32 heavy (non-hydrogen) atoms. The van der Waals surface area contributed by atoms with E-state index in [1.807, 2.05) is 47.7 Å². The number of carbonyl (C=O) groups excluding carboxylic acids is 1. The van der Waals surface area contributed by atoms with E-state index in [9.17, 15) is 4.79 Å². The Kier molecular flexibility index (Phi) is 6.11. The number of aryl methyl sites for hydroxylation is 2. The number of hydrogen-bond donors (Lipinski definition) is 0. The maximum Gasteiger partial charge on any atom is 0.255 e. The molecule has 0 saturated heterocycles. The summed E-state index contributed by atoms with van der Waals surface area (Å²) in [6.07, 6.45) is 3.53. The molecule has 166 valence electrons. The SMILES string of the molecule is Cc1cc(-c2cc(C(=O)N(Cc3ccccn3)C(C)C)c3cnn(C(C)C)c3n2)c(C)s1. The van der Waals surface area contributed by atoms with Crippen LogP contribution in [-0.4, -0.2) is 36.6 Å². The quantitative estimate of drug-likeness (QED) is 0.374. The van der Waals surface area contributed by atoms with Crippen molar-refractivity contribution < 1.29 is 4.79 Å². The van der Waals surface area contributed by atoms with Crippen molar-refractivity contribution in [1.82, 2.24) is 24.6 Å². The minimum absolute atomic E-state index is 0.0152. The molecule has 0 unspecified atom stereocenters. The molecule has 4 aromatic rings. The molecule has 4 heterocycles. The molecular weight excluding hydrogens is 418 g/mol. The Bertz CT molecular complexity index is 1260. The minimum atomic E-state index is -0.0350. The van der Waals surface area contributed by atoms with Crippen LogP contribution in [0.25, 0.3) is 22.3 Å². The van der Waals surface area contributed by atoms with Crippen molar-refractivity contribution in [1.29, 1.82) is 0 Å². The molecule has 0 fully saturated rings. The van der Waals surface area contributed by atoms with Crippen LogP contribution in [0.1, 0.15) is 59.5 Å². The molecule has 4 rings (SSSR count). The summed E-state index contributed by atoms with van der Waals surface area (Å²) >= 11 is 1.74. The number of pyridine rings is 2. The molecule has 7 heteroatoms. The van der Waals surface area contributed by atoms with Gasteiger partial charge in [0.1, 0.15) is 0 Å². The van der Waals surface area contributed by atoms with E-state index in [0.29, 0.717) is 12.1 Å². The first-order valence-electron chi connectivity index (χ1n) is 10.9. The Morgan fingerprint density at radius 1 is 1.16 bits per heavy atom. The van der Waals surface area contributed by atoms with Gasteiger partial charge in [-0.25, -0.2) is 9.67 Å². The van der Waals surface area contributed by atoms with Gasteiger partial charge in [0.2, 0.25) is 0 Å². The summed E-state index contributed by atoms with van der Waals surface area (Å²) < 4.78 is 1.89. The van der Waals surface area contributed by atoms with Gasteiger partial charge in [0, 0.05) is 33.6 Å². The summed E-state index contributed by atoms with van der Waals surface area (Å²) in [4.78, 5) is 27.6. The molecule has 0 aliphatic carbocycles. The van der Waals surface area contributed by atoms with Gasteiger partial charge in [-0.1, -0.05) is 6.07 Å². The van der Waals surface area contributed by atoms with Gasteiger partial charge in [0.15, 0.2) is 5.65 Å². The van der Waals surface area contributed by atoms with Crippen molar-refractivity contribution in [2.75, 3.05) is 0 Å². The topological polar surface area (TPSA) is 63.9 Å². The molecule has 0 radical (unpaired) electrons. The third kappa shape index (κ3) is 4.17. The molecule has 0 aromatic carbocycles. The van der Waals surface area contributed by atoms with Crippen LogP contribution >= 0.6 is 11.3 Å². The maximum absolute atomic E-state index is 13.9. The molecule has 0 N–H and O–H groups in total. The van der Waals surface area contributed by atoms with Crippen LogP contribution in [0, 0.1) is 13.8 Å². The molecule has 0 aliphatic heterocycles. The van der Waals surface area contributed by atoms with Gasteiger partial charge in [0.05, 0.1) is 35.1 Å². The maximum atomic E-state index is 13.9. The summed E-state index contributed by atoms with van der Waals surface area (Å²) in [5.41, 5.74) is 4.12. The van der Waals surface area contributed by atoms with E-state index in [2.05, 4.69) is 43.8 Å². The smallest absolute Gasteiger partial charge is 0.255 e. The highest BCUT2D eigenvalue weighted by Gasteiger charge is 2.25. The number of fused-ring (bicyclic) bond motifs is 1. The fraction of sp³-hybridized carbons (Fsp3) is 0.360. The predicted octanol–water partition coefficient (Wildman–Crippen LogP) is 5.80. The Hall–Kier alpha value is -3.06.